The second-order valence-corrected chi connectivity index (χ2v) is 5.38. The quantitative estimate of drug-likeness (QED) is 0.760. The van der Waals surface area contributed by atoms with Crippen molar-refractivity contribution in [3.8, 4) is 0 Å². The molecule has 1 heterocycles. The van der Waals surface area contributed by atoms with E-state index in [9.17, 15) is 4.79 Å². The van der Waals surface area contributed by atoms with Gasteiger partial charge in [0, 0.05) is 20.0 Å². The van der Waals surface area contributed by atoms with E-state index in [1.807, 2.05) is 55.5 Å². The molecule has 5 heteroatoms. The third kappa shape index (κ3) is 4.10. The molecule has 118 valence electrons. The number of nitrogens with zero attached hydrogens (tertiary/aromatic N) is 1. The van der Waals surface area contributed by atoms with Crippen LogP contribution in [0.3, 0.4) is 0 Å². The van der Waals surface area contributed by atoms with Gasteiger partial charge in [-0.15, -0.1) is 0 Å². The minimum atomic E-state index is -0.160. The van der Waals surface area contributed by atoms with Crippen molar-refractivity contribution < 1.29 is 9.21 Å². The molecule has 3 rings (SSSR count). The number of amides is 2. The Balaban J connectivity index is 1.45. The van der Waals surface area contributed by atoms with Gasteiger partial charge in [0.05, 0.1) is 0 Å². The minimum Gasteiger partial charge on any atom is -0.441 e. The summed E-state index contributed by atoms with van der Waals surface area (Å²) in [5, 5.41) is 5.70. The fourth-order valence-electron chi connectivity index (χ4n) is 2.40. The molecule has 3 aromatic rings. The van der Waals surface area contributed by atoms with Gasteiger partial charge >= 0.3 is 6.03 Å². The van der Waals surface area contributed by atoms with Crippen molar-refractivity contribution in [1.29, 1.82) is 0 Å². The van der Waals surface area contributed by atoms with Crippen molar-refractivity contribution >= 4 is 17.1 Å². The number of fused-ring (bicyclic) bond motifs is 1. The monoisotopic (exact) mass is 309 g/mol. The lowest BCUT2D eigenvalue weighted by Crippen LogP contribution is -2.36. The van der Waals surface area contributed by atoms with Crippen LogP contribution in [0, 0.1) is 6.92 Å². The van der Waals surface area contributed by atoms with E-state index in [0.29, 0.717) is 19.0 Å². The van der Waals surface area contributed by atoms with Crippen molar-refractivity contribution in [3.63, 3.8) is 0 Å². The van der Waals surface area contributed by atoms with E-state index >= 15 is 0 Å². The molecule has 2 N–H and O–H groups in total. The first kappa shape index (κ1) is 15.1. The number of aryl methyl sites for hydroxylation is 1. The highest BCUT2D eigenvalue weighted by Crippen LogP contribution is 2.16. The summed E-state index contributed by atoms with van der Waals surface area (Å²) in [5.41, 5.74) is 3.84. The highest BCUT2D eigenvalue weighted by Gasteiger charge is 2.04. The van der Waals surface area contributed by atoms with E-state index in [1.165, 1.54) is 0 Å². The highest BCUT2D eigenvalue weighted by atomic mass is 16.3. The average Bonchev–Trinajstić information content (AvgIpc) is 2.93. The zero-order valence-electron chi connectivity index (χ0n) is 13.0. The van der Waals surface area contributed by atoms with Crippen molar-refractivity contribution in [1.82, 2.24) is 15.6 Å². The van der Waals surface area contributed by atoms with Crippen LogP contribution in [0.4, 0.5) is 4.79 Å². The zero-order valence-corrected chi connectivity index (χ0v) is 13.0. The van der Waals surface area contributed by atoms with E-state index in [2.05, 4.69) is 15.6 Å². The Morgan fingerprint density at radius 1 is 1.09 bits per heavy atom. The van der Waals surface area contributed by atoms with Gasteiger partial charge in [-0.05, 0) is 29.7 Å². The third-order valence-corrected chi connectivity index (χ3v) is 3.55. The number of aromatic nitrogens is 1. The summed E-state index contributed by atoms with van der Waals surface area (Å²) >= 11 is 0. The van der Waals surface area contributed by atoms with E-state index < -0.39 is 0 Å². The molecule has 23 heavy (non-hydrogen) atoms. The van der Waals surface area contributed by atoms with Gasteiger partial charge in [-0.2, -0.15) is 0 Å². The van der Waals surface area contributed by atoms with Gasteiger partial charge in [-0.3, -0.25) is 0 Å². The van der Waals surface area contributed by atoms with E-state index in [-0.39, 0.29) is 6.03 Å². The number of hydrogen-bond donors (Lipinski definition) is 2. The molecule has 0 aliphatic heterocycles. The van der Waals surface area contributed by atoms with Gasteiger partial charge in [-0.1, -0.05) is 36.4 Å². The van der Waals surface area contributed by atoms with Crippen LogP contribution >= 0.6 is 0 Å². The molecule has 0 fully saturated rings. The molecule has 0 unspecified atom stereocenters. The second kappa shape index (κ2) is 6.96. The molecule has 0 radical (unpaired) electrons. The van der Waals surface area contributed by atoms with E-state index in [0.717, 1.165) is 28.6 Å². The zero-order chi connectivity index (χ0) is 16.1. The van der Waals surface area contributed by atoms with E-state index in [1.54, 1.807) is 0 Å². The molecule has 0 aliphatic rings. The van der Waals surface area contributed by atoms with Gasteiger partial charge in [0.25, 0.3) is 0 Å². The number of carbonyl (C=O) groups is 1. The molecule has 0 bridgehead atoms. The SMILES string of the molecule is Cc1nc2cc(CCNC(=O)NCc3ccccc3)ccc2o1. The summed E-state index contributed by atoms with van der Waals surface area (Å²) in [6, 6.07) is 15.6. The number of carbonyl (C=O) groups excluding carboxylic acids is 1. The fourth-order valence-corrected chi connectivity index (χ4v) is 2.40. The maximum absolute atomic E-state index is 11.8. The van der Waals surface area contributed by atoms with Crippen LogP contribution in [0.1, 0.15) is 17.0 Å². The summed E-state index contributed by atoms with van der Waals surface area (Å²) in [4.78, 5) is 16.1. The Hall–Kier alpha value is -2.82. The van der Waals surface area contributed by atoms with Gasteiger partial charge in [-0.25, -0.2) is 9.78 Å². The first-order chi connectivity index (χ1) is 11.2. The lowest BCUT2D eigenvalue weighted by molar-refractivity contribution is 0.240. The number of oxazole rings is 1. The van der Waals surface area contributed by atoms with Gasteiger partial charge < -0.3 is 15.1 Å². The van der Waals surface area contributed by atoms with Crippen LogP contribution in [0.25, 0.3) is 11.1 Å². The predicted octanol–water partition coefficient (Wildman–Crippen LogP) is 3.18. The Morgan fingerprint density at radius 2 is 1.91 bits per heavy atom. The Bertz CT molecular complexity index is 796. The number of hydrogen-bond acceptors (Lipinski definition) is 3. The molecule has 2 aromatic carbocycles. The van der Waals surface area contributed by atoms with Gasteiger partial charge in [0.1, 0.15) is 5.52 Å². The maximum atomic E-state index is 11.8. The Labute approximate surface area is 134 Å². The largest absolute Gasteiger partial charge is 0.441 e. The summed E-state index contributed by atoms with van der Waals surface area (Å²) in [5.74, 6) is 0.663. The molecular formula is C18H19N3O2. The molecular weight excluding hydrogens is 290 g/mol. The smallest absolute Gasteiger partial charge is 0.315 e. The van der Waals surface area contributed by atoms with Gasteiger partial charge in [0.2, 0.25) is 0 Å². The van der Waals surface area contributed by atoms with Crippen molar-refractivity contribution in [3.05, 3.63) is 65.5 Å². The number of rotatable bonds is 5. The predicted molar refractivity (Wildman–Crippen MR) is 89.1 cm³/mol. The lowest BCUT2D eigenvalue weighted by Gasteiger charge is -2.07. The molecule has 0 atom stereocenters. The first-order valence-corrected chi connectivity index (χ1v) is 7.62. The van der Waals surface area contributed by atoms with Crippen molar-refractivity contribution in [2.75, 3.05) is 6.54 Å². The standard InChI is InChI=1S/C18H19N3O2/c1-13-21-16-11-14(7-8-17(16)23-13)9-10-19-18(22)20-12-15-5-3-2-4-6-15/h2-8,11H,9-10,12H2,1H3,(H2,19,20,22). The van der Waals surface area contributed by atoms with Gasteiger partial charge in [0.15, 0.2) is 11.5 Å². The number of benzene rings is 2. The maximum Gasteiger partial charge on any atom is 0.315 e. The highest BCUT2D eigenvalue weighted by molar-refractivity contribution is 5.74. The van der Waals surface area contributed by atoms with Crippen LogP contribution in [0.5, 0.6) is 0 Å². The molecule has 0 spiro atoms. The molecule has 0 saturated heterocycles. The Morgan fingerprint density at radius 3 is 2.74 bits per heavy atom. The Kier molecular flexibility index (Phi) is 4.57. The molecule has 1 aromatic heterocycles. The summed E-state index contributed by atoms with van der Waals surface area (Å²) in [7, 11) is 0. The van der Waals surface area contributed by atoms with Crippen molar-refractivity contribution in [2.24, 2.45) is 0 Å². The van der Waals surface area contributed by atoms with Crippen LogP contribution in [0.15, 0.2) is 52.9 Å². The normalized spacial score (nSPS) is 10.7. The summed E-state index contributed by atoms with van der Waals surface area (Å²) in [6.07, 6.45) is 0.751. The number of nitrogens with one attached hydrogen (secondary N) is 2. The van der Waals surface area contributed by atoms with Crippen LogP contribution < -0.4 is 10.6 Å². The third-order valence-electron chi connectivity index (χ3n) is 3.55. The molecule has 0 saturated carbocycles. The molecule has 2 amide bonds. The van der Waals surface area contributed by atoms with Crippen LogP contribution in [0.2, 0.25) is 0 Å². The number of urea groups is 1. The summed E-state index contributed by atoms with van der Waals surface area (Å²) < 4.78 is 5.45. The van der Waals surface area contributed by atoms with Crippen molar-refractivity contribution in [2.45, 2.75) is 19.9 Å². The first-order valence-electron chi connectivity index (χ1n) is 7.62. The van der Waals surface area contributed by atoms with Crippen LogP contribution in [-0.4, -0.2) is 17.6 Å². The minimum absolute atomic E-state index is 0.160. The van der Waals surface area contributed by atoms with E-state index in [4.69, 9.17) is 4.42 Å². The topological polar surface area (TPSA) is 67.2 Å². The summed E-state index contributed by atoms with van der Waals surface area (Å²) in [6.45, 7) is 2.93. The second-order valence-electron chi connectivity index (χ2n) is 5.38. The lowest BCUT2D eigenvalue weighted by atomic mass is 10.1. The molecule has 0 aliphatic carbocycles. The fraction of sp³-hybridized carbons (Fsp3) is 0.222. The average molecular weight is 309 g/mol. The molecule has 5 nitrogen and oxygen atoms in total. The van der Waals surface area contributed by atoms with Crippen LogP contribution in [-0.2, 0) is 13.0 Å².